The minimum absolute atomic E-state index is 0.0911. The van der Waals surface area contributed by atoms with Crippen molar-refractivity contribution in [2.45, 2.75) is 26.2 Å². The molecule has 1 amide bonds. The van der Waals surface area contributed by atoms with Crippen molar-refractivity contribution >= 4 is 23.2 Å². The second kappa shape index (κ2) is 5.63. The van der Waals surface area contributed by atoms with E-state index in [-0.39, 0.29) is 11.3 Å². The van der Waals surface area contributed by atoms with Gasteiger partial charge in [0.1, 0.15) is 5.15 Å². The molecule has 0 atom stereocenters. The van der Waals surface area contributed by atoms with E-state index in [1.54, 1.807) is 18.3 Å². The molecule has 0 aliphatic rings. The summed E-state index contributed by atoms with van der Waals surface area (Å²) in [6, 6.07) is 11.0. The maximum atomic E-state index is 12.4. The number of amides is 1. The predicted molar refractivity (Wildman–Crippen MR) is 82.3 cm³/mol. The largest absolute Gasteiger partial charge is 0.321 e. The van der Waals surface area contributed by atoms with Crippen LogP contribution in [0.1, 0.15) is 36.7 Å². The van der Waals surface area contributed by atoms with Gasteiger partial charge in [0.05, 0.1) is 11.9 Å². The van der Waals surface area contributed by atoms with E-state index in [2.05, 4.69) is 31.1 Å². The summed E-state index contributed by atoms with van der Waals surface area (Å²) in [5.74, 6) is -0.139. The van der Waals surface area contributed by atoms with E-state index in [0.717, 1.165) is 5.56 Å². The van der Waals surface area contributed by atoms with Gasteiger partial charge in [0.15, 0.2) is 0 Å². The SMILES string of the molecule is CC(C)(C)c1ccccc1C(=O)Nc1ccc(Cl)nc1. The fourth-order valence-electron chi connectivity index (χ4n) is 1.98. The monoisotopic (exact) mass is 288 g/mol. The van der Waals surface area contributed by atoms with E-state index in [0.29, 0.717) is 16.4 Å². The topological polar surface area (TPSA) is 42.0 Å². The fraction of sp³-hybridized carbons (Fsp3) is 0.250. The first-order valence-corrected chi connectivity index (χ1v) is 6.78. The van der Waals surface area contributed by atoms with E-state index in [4.69, 9.17) is 11.6 Å². The van der Waals surface area contributed by atoms with Crippen LogP contribution >= 0.6 is 11.6 Å². The Bertz CT molecular complexity index is 615. The average Bonchev–Trinajstić information content (AvgIpc) is 2.40. The molecule has 2 rings (SSSR count). The number of hydrogen-bond acceptors (Lipinski definition) is 2. The summed E-state index contributed by atoms with van der Waals surface area (Å²) in [7, 11) is 0. The zero-order chi connectivity index (χ0) is 14.8. The van der Waals surface area contributed by atoms with Gasteiger partial charge in [0.2, 0.25) is 0 Å². The third-order valence-corrected chi connectivity index (χ3v) is 3.19. The van der Waals surface area contributed by atoms with Gasteiger partial charge >= 0.3 is 0 Å². The van der Waals surface area contributed by atoms with Crippen molar-refractivity contribution < 1.29 is 4.79 Å². The van der Waals surface area contributed by atoms with E-state index in [1.165, 1.54) is 0 Å². The molecule has 20 heavy (non-hydrogen) atoms. The number of nitrogens with one attached hydrogen (secondary N) is 1. The van der Waals surface area contributed by atoms with E-state index in [9.17, 15) is 4.79 Å². The van der Waals surface area contributed by atoms with Crippen LogP contribution in [0.4, 0.5) is 5.69 Å². The van der Waals surface area contributed by atoms with Crippen molar-refractivity contribution in [1.29, 1.82) is 0 Å². The van der Waals surface area contributed by atoms with Gasteiger partial charge in [-0.25, -0.2) is 4.98 Å². The molecule has 0 unspecified atom stereocenters. The van der Waals surface area contributed by atoms with Crippen LogP contribution in [0, 0.1) is 0 Å². The quantitative estimate of drug-likeness (QED) is 0.838. The van der Waals surface area contributed by atoms with E-state index in [1.807, 2.05) is 24.3 Å². The summed E-state index contributed by atoms with van der Waals surface area (Å²) in [6.07, 6.45) is 1.54. The van der Waals surface area contributed by atoms with Crippen molar-refractivity contribution in [3.63, 3.8) is 0 Å². The second-order valence-electron chi connectivity index (χ2n) is 5.62. The molecule has 1 N–H and O–H groups in total. The number of hydrogen-bond donors (Lipinski definition) is 1. The number of carbonyl (C=O) groups is 1. The lowest BCUT2D eigenvalue weighted by molar-refractivity contribution is 0.102. The molecule has 0 fully saturated rings. The summed E-state index contributed by atoms with van der Waals surface area (Å²) in [5, 5.41) is 3.24. The summed E-state index contributed by atoms with van der Waals surface area (Å²) in [5.41, 5.74) is 2.23. The fourth-order valence-corrected chi connectivity index (χ4v) is 2.10. The van der Waals surface area contributed by atoms with Crippen molar-refractivity contribution in [3.05, 3.63) is 58.9 Å². The molecule has 0 saturated carbocycles. The molecule has 0 radical (unpaired) electrons. The molecule has 0 spiro atoms. The summed E-state index contributed by atoms with van der Waals surface area (Å²) in [6.45, 7) is 6.26. The first kappa shape index (κ1) is 14.5. The highest BCUT2D eigenvalue weighted by molar-refractivity contribution is 6.29. The van der Waals surface area contributed by atoms with Crippen molar-refractivity contribution in [1.82, 2.24) is 4.98 Å². The van der Waals surface area contributed by atoms with Crippen LogP contribution in [-0.2, 0) is 5.41 Å². The van der Waals surface area contributed by atoms with E-state index >= 15 is 0 Å². The lowest BCUT2D eigenvalue weighted by Gasteiger charge is -2.22. The van der Waals surface area contributed by atoms with Crippen LogP contribution in [0.25, 0.3) is 0 Å². The summed E-state index contributed by atoms with van der Waals surface area (Å²) in [4.78, 5) is 16.3. The molecule has 0 saturated heterocycles. The van der Waals surface area contributed by atoms with Gasteiger partial charge in [-0.1, -0.05) is 50.6 Å². The summed E-state index contributed by atoms with van der Waals surface area (Å²) >= 11 is 5.73. The number of halogens is 1. The minimum atomic E-state index is -0.139. The molecule has 3 nitrogen and oxygen atoms in total. The molecule has 0 aliphatic heterocycles. The number of rotatable bonds is 2. The second-order valence-corrected chi connectivity index (χ2v) is 6.01. The Labute approximate surface area is 124 Å². The van der Waals surface area contributed by atoms with Crippen LogP contribution in [0.5, 0.6) is 0 Å². The maximum Gasteiger partial charge on any atom is 0.256 e. The van der Waals surface area contributed by atoms with Gasteiger partial charge in [0, 0.05) is 5.56 Å². The number of anilines is 1. The first-order valence-electron chi connectivity index (χ1n) is 6.40. The van der Waals surface area contributed by atoms with Gasteiger partial charge in [-0.2, -0.15) is 0 Å². The molecule has 1 aromatic heterocycles. The Hall–Kier alpha value is -1.87. The number of aromatic nitrogens is 1. The highest BCUT2D eigenvalue weighted by atomic mass is 35.5. The van der Waals surface area contributed by atoms with Crippen molar-refractivity contribution in [3.8, 4) is 0 Å². The molecule has 104 valence electrons. The molecule has 4 heteroatoms. The highest BCUT2D eigenvalue weighted by Gasteiger charge is 2.21. The van der Waals surface area contributed by atoms with Gasteiger partial charge in [-0.3, -0.25) is 4.79 Å². The van der Waals surface area contributed by atoms with Crippen LogP contribution in [0.3, 0.4) is 0 Å². The lowest BCUT2D eigenvalue weighted by Crippen LogP contribution is -2.20. The lowest BCUT2D eigenvalue weighted by atomic mass is 9.83. The number of pyridine rings is 1. The number of benzene rings is 1. The van der Waals surface area contributed by atoms with Gasteiger partial charge in [-0.15, -0.1) is 0 Å². The minimum Gasteiger partial charge on any atom is -0.321 e. The zero-order valence-corrected chi connectivity index (χ0v) is 12.5. The van der Waals surface area contributed by atoms with Crippen LogP contribution in [0.15, 0.2) is 42.6 Å². The zero-order valence-electron chi connectivity index (χ0n) is 11.8. The average molecular weight is 289 g/mol. The molecular weight excluding hydrogens is 272 g/mol. The normalized spacial score (nSPS) is 11.2. The number of carbonyl (C=O) groups excluding carboxylic acids is 1. The first-order chi connectivity index (χ1) is 9.38. The Morgan fingerprint density at radius 2 is 1.85 bits per heavy atom. The standard InChI is InChI=1S/C16H17ClN2O/c1-16(2,3)13-7-5-4-6-12(13)15(20)19-11-8-9-14(17)18-10-11/h4-10H,1-3H3,(H,19,20). The van der Waals surface area contributed by atoms with Gasteiger partial charge in [-0.05, 0) is 29.2 Å². The Balaban J connectivity index is 2.28. The molecule has 0 aliphatic carbocycles. The van der Waals surface area contributed by atoms with Crippen molar-refractivity contribution in [2.24, 2.45) is 0 Å². The smallest absolute Gasteiger partial charge is 0.256 e. The van der Waals surface area contributed by atoms with E-state index < -0.39 is 0 Å². The molecule has 1 aromatic carbocycles. The maximum absolute atomic E-state index is 12.4. The third kappa shape index (κ3) is 3.36. The molecule has 1 heterocycles. The summed E-state index contributed by atoms with van der Waals surface area (Å²) < 4.78 is 0. The Kier molecular flexibility index (Phi) is 4.09. The van der Waals surface area contributed by atoms with Crippen LogP contribution < -0.4 is 5.32 Å². The number of nitrogens with zero attached hydrogens (tertiary/aromatic N) is 1. The van der Waals surface area contributed by atoms with Gasteiger partial charge < -0.3 is 5.32 Å². The van der Waals surface area contributed by atoms with Gasteiger partial charge in [0.25, 0.3) is 5.91 Å². The Morgan fingerprint density at radius 1 is 1.15 bits per heavy atom. The highest BCUT2D eigenvalue weighted by Crippen LogP contribution is 2.26. The molecule has 2 aromatic rings. The van der Waals surface area contributed by atoms with Crippen molar-refractivity contribution in [2.75, 3.05) is 5.32 Å². The predicted octanol–water partition coefficient (Wildman–Crippen LogP) is 4.28. The molecular formula is C16H17ClN2O. The molecule has 0 bridgehead atoms. The Morgan fingerprint density at radius 3 is 2.45 bits per heavy atom. The third-order valence-electron chi connectivity index (χ3n) is 2.96. The van der Waals surface area contributed by atoms with Crippen LogP contribution in [-0.4, -0.2) is 10.9 Å². The van der Waals surface area contributed by atoms with Crippen LogP contribution in [0.2, 0.25) is 5.15 Å².